The van der Waals surface area contributed by atoms with E-state index in [0.717, 1.165) is 6.07 Å². The van der Waals surface area contributed by atoms with Crippen LogP contribution in [0.4, 0.5) is 8.78 Å². The standard InChI is InChI=1S/C11H13BrF2O2/c1-16-6-2-3-9(15)10-8(13)5-4-7(12)11(10)14/h4-5,9,15H,2-3,6H2,1H3. The monoisotopic (exact) mass is 294 g/mol. The zero-order valence-corrected chi connectivity index (χ0v) is 10.4. The van der Waals surface area contributed by atoms with Gasteiger partial charge in [-0.05, 0) is 40.9 Å². The van der Waals surface area contributed by atoms with Crippen LogP contribution in [-0.2, 0) is 4.74 Å². The number of aliphatic hydroxyl groups is 1. The lowest BCUT2D eigenvalue weighted by Gasteiger charge is -2.13. The van der Waals surface area contributed by atoms with Crippen LogP contribution in [0.15, 0.2) is 16.6 Å². The van der Waals surface area contributed by atoms with Gasteiger partial charge in [-0.15, -0.1) is 0 Å². The first-order valence-electron chi connectivity index (χ1n) is 4.88. The smallest absolute Gasteiger partial charge is 0.146 e. The summed E-state index contributed by atoms with van der Waals surface area (Å²) in [7, 11) is 1.53. The molecule has 1 atom stereocenters. The van der Waals surface area contributed by atoms with Gasteiger partial charge in [0.2, 0.25) is 0 Å². The molecule has 16 heavy (non-hydrogen) atoms. The first-order chi connectivity index (χ1) is 7.57. The second-order valence-electron chi connectivity index (χ2n) is 3.41. The number of hydrogen-bond acceptors (Lipinski definition) is 2. The van der Waals surface area contributed by atoms with Gasteiger partial charge >= 0.3 is 0 Å². The molecule has 0 radical (unpaired) electrons. The predicted octanol–water partition coefficient (Wildman–Crippen LogP) is 3.19. The van der Waals surface area contributed by atoms with Crippen LogP contribution in [0.1, 0.15) is 24.5 Å². The highest BCUT2D eigenvalue weighted by molar-refractivity contribution is 9.10. The van der Waals surface area contributed by atoms with E-state index in [-0.39, 0.29) is 16.5 Å². The minimum atomic E-state index is -1.15. The summed E-state index contributed by atoms with van der Waals surface area (Å²) in [6.45, 7) is 0.453. The van der Waals surface area contributed by atoms with Crippen LogP contribution in [-0.4, -0.2) is 18.8 Å². The van der Waals surface area contributed by atoms with Crippen LogP contribution >= 0.6 is 15.9 Å². The predicted molar refractivity (Wildman–Crippen MR) is 60.1 cm³/mol. The lowest BCUT2D eigenvalue weighted by Crippen LogP contribution is -2.06. The van der Waals surface area contributed by atoms with Gasteiger partial charge in [0.25, 0.3) is 0 Å². The summed E-state index contributed by atoms with van der Waals surface area (Å²) >= 11 is 2.95. The number of rotatable bonds is 5. The van der Waals surface area contributed by atoms with Crippen molar-refractivity contribution in [2.45, 2.75) is 18.9 Å². The Kier molecular flexibility index (Phi) is 5.31. The summed E-state index contributed by atoms with van der Waals surface area (Å²) in [4.78, 5) is 0. The zero-order valence-electron chi connectivity index (χ0n) is 8.84. The van der Waals surface area contributed by atoms with Crippen LogP contribution in [0.3, 0.4) is 0 Å². The Morgan fingerprint density at radius 2 is 2.12 bits per heavy atom. The average molecular weight is 295 g/mol. The molecule has 0 aromatic heterocycles. The Morgan fingerprint density at radius 3 is 2.75 bits per heavy atom. The second kappa shape index (κ2) is 6.27. The molecule has 0 spiro atoms. The van der Waals surface area contributed by atoms with Gasteiger partial charge in [-0.25, -0.2) is 8.78 Å². The SMILES string of the molecule is COCCCC(O)c1c(F)ccc(Br)c1F. The van der Waals surface area contributed by atoms with Crippen LogP contribution in [0.25, 0.3) is 0 Å². The quantitative estimate of drug-likeness (QED) is 0.668. The number of aliphatic hydroxyl groups excluding tert-OH is 1. The van der Waals surface area contributed by atoms with Gasteiger partial charge in [-0.2, -0.15) is 0 Å². The molecule has 0 aliphatic heterocycles. The van der Waals surface area contributed by atoms with Crippen molar-refractivity contribution in [2.24, 2.45) is 0 Å². The normalized spacial score (nSPS) is 12.8. The summed E-state index contributed by atoms with van der Waals surface area (Å²) < 4.78 is 31.8. The molecule has 0 amide bonds. The van der Waals surface area contributed by atoms with Gasteiger partial charge in [0, 0.05) is 13.7 Å². The Morgan fingerprint density at radius 1 is 1.44 bits per heavy atom. The molecule has 1 unspecified atom stereocenters. The van der Waals surface area contributed by atoms with E-state index < -0.39 is 17.7 Å². The second-order valence-corrected chi connectivity index (χ2v) is 4.26. The summed E-state index contributed by atoms with van der Waals surface area (Å²) in [6, 6.07) is 2.40. The van der Waals surface area contributed by atoms with Crippen molar-refractivity contribution in [1.29, 1.82) is 0 Å². The van der Waals surface area contributed by atoms with Crippen LogP contribution in [0, 0.1) is 11.6 Å². The molecule has 1 aromatic rings. The third-order valence-electron chi connectivity index (χ3n) is 2.24. The van der Waals surface area contributed by atoms with Crippen molar-refractivity contribution in [3.05, 3.63) is 33.8 Å². The van der Waals surface area contributed by atoms with Gasteiger partial charge in [0.1, 0.15) is 11.6 Å². The van der Waals surface area contributed by atoms with Crippen LogP contribution in [0.2, 0.25) is 0 Å². The van der Waals surface area contributed by atoms with E-state index in [4.69, 9.17) is 4.74 Å². The molecule has 0 heterocycles. The number of ether oxygens (including phenoxy) is 1. The lowest BCUT2D eigenvalue weighted by atomic mass is 10.0. The Balaban J connectivity index is 2.81. The topological polar surface area (TPSA) is 29.5 Å². The molecule has 5 heteroatoms. The third-order valence-corrected chi connectivity index (χ3v) is 2.85. The number of methoxy groups -OCH3 is 1. The summed E-state index contributed by atoms with van der Waals surface area (Å²) in [5.41, 5.74) is -0.287. The fraction of sp³-hybridized carbons (Fsp3) is 0.455. The Hall–Kier alpha value is -0.520. The van der Waals surface area contributed by atoms with Crippen LogP contribution in [0.5, 0.6) is 0 Å². The molecular formula is C11H13BrF2O2. The highest BCUT2D eigenvalue weighted by Crippen LogP contribution is 2.28. The van der Waals surface area contributed by atoms with E-state index in [1.54, 1.807) is 0 Å². The highest BCUT2D eigenvalue weighted by Gasteiger charge is 2.19. The van der Waals surface area contributed by atoms with E-state index in [2.05, 4.69) is 15.9 Å². The van der Waals surface area contributed by atoms with Crippen molar-refractivity contribution in [3.8, 4) is 0 Å². The molecule has 0 saturated carbocycles. The minimum absolute atomic E-state index is 0.148. The van der Waals surface area contributed by atoms with Crippen molar-refractivity contribution >= 4 is 15.9 Å². The highest BCUT2D eigenvalue weighted by atomic mass is 79.9. The molecule has 1 aromatic carbocycles. The first-order valence-corrected chi connectivity index (χ1v) is 5.67. The maximum Gasteiger partial charge on any atom is 0.146 e. The number of hydrogen-bond donors (Lipinski definition) is 1. The molecule has 0 fully saturated rings. The summed E-state index contributed by atoms with van der Waals surface area (Å²) in [6.07, 6.45) is -0.339. The number of benzene rings is 1. The van der Waals surface area contributed by atoms with Crippen molar-refractivity contribution in [1.82, 2.24) is 0 Å². The van der Waals surface area contributed by atoms with Gasteiger partial charge in [0.15, 0.2) is 0 Å². The molecule has 90 valence electrons. The Labute approximate surface area is 101 Å². The molecule has 2 nitrogen and oxygen atoms in total. The van der Waals surface area contributed by atoms with E-state index in [1.807, 2.05) is 0 Å². The lowest BCUT2D eigenvalue weighted by molar-refractivity contribution is 0.130. The first kappa shape index (κ1) is 13.5. The molecular weight excluding hydrogens is 282 g/mol. The number of halogens is 3. The molecule has 1 N–H and O–H groups in total. The van der Waals surface area contributed by atoms with Gasteiger partial charge in [-0.3, -0.25) is 0 Å². The fourth-order valence-corrected chi connectivity index (χ4v) is 1.76. The van der Waals surface area contributed by atoms with Gasteiger partial charge < -0.3 is 9.84 Å². The van der Waals surface area contributed by atoms with Crippen LogP contribution < -0.4 is 0 Å². The Bertz CT molecular complexity index is 358. The maximum atomic E-state index is 13.5. The van der Waals surface area contributed by atoms with Gasteiger partial charge in [0.05, 0.1) is 16.1 Å². The molecule has 0 bridgehead atoms. The van der Waals surface area contributed by atoms with Crippen molar-refractivity contribution in [3.63, 3.8) is 0 Å². The van der Waals surface area contributed by atoms with E-state index in [9.17, 15) is 13.9 Å². The fourth-order valence-electron chi connectivity index (χ4n) is 1.41. The molecule has 0 aliphatic carbocycles. The minimum Gasteiger partial charge on any atom is -0.388 e. The summed E-state index contributed by atoms with van der Waals surface area (Å²) in [5, 5.41) is 9.68. The van der Waals surface area contributed by atoms with E-state index >= 15 is 0 Å². The molecule has 0 aliphatic rings. The van der Waals surface area contributed by atoms with Crippen molar-refractivity contribution < 1.29 is 18.6 Å². The average Bonchev–Trinajstić information content (AvgIpc) is 2.24. The maximum absolute atomic E-state index is 13.5. The van der Waals surface area contributed by atoms with Gasteiger partial charge in [-0.1, -0.05) is 0 Å². The molecule has 1 rings (SSSR count). The molecule has 0 saturated heterocycles. The zero-order chi connectivity index (χ0) is 12.1. The van der Waals surface area contributed by atoms with Crippen molar-refractivity contribution in [2.75, 3.05) is 13.7 Å². The largest absolute Gasteiger partial charge is 0.388 e. The third kappa shape index (κ3) is 3.23. The summed E-state index contributed by atoms with van der Waals surface area (Å²) in [5.74, 6) is -1.48. The van der Waals surface area contributed by atoms with E-state index in [0.29, 0.717) is 13.0 Å². The van der Waals surface area contributed by atoms with E-state index in [1.165, 1.54) is 13.2 Å².